The highest BCUT2D eigenvalue weighted by atomic mass is 35.5. The molecular weight excluding hydrogens is 458 g/mol. The molecule has 0 unspecified atom stereocenters. The third kappa shape index (κ3) is 5.39. The summed E-state index contributed by atoms with van der Waals surface area (Å²) < 4.78 is 40.8. The highest BCUT2D eigenvalue weighted by Crippen LogP contribution is 2.36. The first-order valence-corrected chi connectivity index (χ1v) is 10.7. The van der Waals surface area contributed by atoms with Gasteiger partial charge in [-0.2, -0.15) is 24.9 Å². The molecule has 1 amide bonds. The molecule has 1 fully saturated rings. The molecule has 0 saturated carbocycles. The van der Waals surface area contributed by atoms with E-state index in [1.54, 1.807) is 18.7 Å². The van der Waals surface area contributed by atoms with E-state index in [2.05, 4.69) is 5.32 Å². The molecule has 3 nitrogen and oxygen atoms in total. The van der Waals surface area contributed by atoms with E-state index < -0.39 is 17.5 Å². The van der Waals surface area contributed by atoms with Crippen molar-refractivity contribution in [3.05, 3.63) is 74.8 Å². The normalized spacial score (nSPS) is 14.9. The van der Waals surface area contributed by atoms with Crippen molar-refractivity contribution in [2.45, 2.75) is 19.1 Å². The molecule has 1 N–H and O–H groups in total. The van der Waals surface area contributed by atoms with Crippen molar-refractivity contribution in [3.8, 4) is 0 Å². The minimum Gasteiger partial charge on any atom is -0.348 e. The van der Waals surface area contributed by atoms with Crippen LogP contribution in [0.1, 0.15) is 31.8 Å². The standard InChI is InChI=1S/C21H16Cl2F3NO2S/c1-11-4-12(2-3-17(11)20(29)27-16-9-30-10-16)19(28)8-18(21(24,25)26)13-5-14(22)7-15(23)6-13/h2-8,16H,9-10H2,1H3,(H,27,29)/b18-8+. The predicted octanol–water partition coefficient (Wildman–Crippen LogP) is 5.98. The molecule has 30 heavy (non-hydrogen) atoms. The summed E-state index contributed by atoms with van der Waals surface area (Å²) in [5.41, 5.74) is -0.542. The minimum atomic E-state index is -4.79. The molecule has 2 aromatic rings. The number of thioether (sulfide) groups is 1. The van der Waals surface area contributed by atoms with Gasteiger partial charge in [0.05, 0.1) is 5.57 Å². The van der Waals surface area contributed by atoms with E-state index in [-0.39, 0.29) is 33.1 Å². The maximum Gasteiger partial charge on any atom is 0.417 e. The number of carbonyl (C=O) groups is 2. The third-order valence-electron chi connectivity index (χ3n) is 4.48. The zero-order chi connectivity index (χ0) is 22.1. The van der Waals surface area contributed by atoms with E-state index in [9.17, 15) is 22.8 Å². The van der Waals surface area contributed by atoms with Gasteiger partial charge in [0.15, 0.2) is 5.78 Å². The zero-order valence-corrected chi connectivity index (χ0v) is 18.0. The highest BCUT2D eigenvalue weighted by Gasteiger charge is 2.35. The number of hydrogen-bond acceptors (Lipinski definition) is 3. The zero-order valence-electron chi connectivity index (χ0n) is 15.6. The minimum absolute atomic E-state index is 0.0242. The van der Waals surface area contributed by atoms with Gasteiger partial charge in [-0.15, -0.1) is 0 Å². The number of alkyl halides is 3. The first kappa shape index (κ1) is 22.7. The van der Waals surface area contributed by atoms with Crippen LogP contribution in [0.25, 0.3) is 5.57 Å². The highest BCUT2D eigenvalue weighted by molar-refractivity contribution is 8.00. The molecule has 0 atom stereocenters. The number of aryl methyl sites for hydroxylation is 1. The van der Waals surface area contributed by atoms with Crippen LogP contribution in [-0.2, 0) is 0 Å². The number of ketones is 1. The van der Waals surface area contributed by atoms with Gasteiger partial charge in [0.1, 0.15) is 0 Å². The number of allylic oxidation sites excluding steroid dienone is 2. The number of rotatable bonds is 5. The SMILES string of the molecule is Cc1cc(C(=O)/C=C(\c2cc(Cl)cc(Cl)c2)C(F)(F)F)ccc1C(=O)NC1CSC1. The van der Waals surface area contributed by atoms with Gasteiger partial charge < -0.3 is 5.32 Å². The molecule has 1 saturated heterocycles. The van der Waals surface area contributed by atoms with Gasteiger partial charge in [0, 0.05) is 38.7 Å². The molecule has 158 valence electrons. The molecule has 0 radical (unpaired) electrons. The second-order valence-corrected chi connectivity index (χ2v) is 8.76. The Morgan fingerprint density at radius 1 is 1.07 bits per heavy atom. The number of benzene rings is 2. The number of nitrogens with one attached hydrogen (secondary N) is 1. The lowest BCUT2D eigenvalue weighted by Crippen LogP contribution is -2.44. The summed E-state index contributed by atoms with van der Waals surface area (Å²) in [5, 5.41) is 2.92. The Balaban J connectivity index is 1.90. The van der Waals surface area contributed by atoms with Gasteiger partial charge in [-0.05, 0) is 54.5 Å². The van der Waals surface area contributed by atoms with Crippen molar-refractivity contribution in [1.29, 1.82) is 0 Å². The molecular formula is C21H16Cl2F3NO2S. The van der Waals surface area contributed by atoms with Crippen LogP contribution in [0.5, 0.6) is 0 Å². The Hall–Kier alpha value is -1.96. The Labute approximate surface area is 185 Å². The smallest absolute Gasteiger partial charge is 0.348 e. The summed E-state index contributed by atoms with van der Waals surface area (Å²) in [6.45, 7) is 1.63. The van der Waals surface area contributed by atoms with Gasteiger partial charge in [0.25, 0.3) is 5.91 Å². The average Bonchev–Trinajstić information content (AvgIpc) is 2.60. The van der Waals surface area contributed by atoms with Crippen molar-refractivity contribution >= 4 is 52.2 Å². The van der Waals surface area contributed by atoms with Crippen molar-refractivity contribution in [3.63, 3.8) is 0 Å². The fourth-order valence-electron chi connectivity index (χ4n) is 2.91. The topological polar surface area (TPSA) is 46.2 Å². The number of hydrogen-bond donors (Lipinski definition) is 1. The van der Waals surface area contributed by atoms with E-state index in [4.69, 9.17) is 23.2 Å². The van der Waals surface area contributed by atoms with Crippen LogP contribution >= 0.6 is 35.0 Å². The average molecular weight is 474 g/mol. The predicted molar refractivity (Wildman–Crippen MR) is 115 cm³/mol. The maximum atomic E-state index is 13.6. The lowest BCUT2D eigenvalue weighted by molar-refractivity contribution is -0.0689. The maximum absolute atomic E-state index is 13.6. The van der Waals surface area contributed by atoms with Crippen LogP contribution in [0.3, 0.4) is 0 Å². The molecule has 1 aliphatic heterocycles. The van der Waals surface area contributed by atoms with Gasteiger partial charge >= 0.3 is 6.18 Å². The van der Waals surface area contributed by atoms with Crippen molar-refractivity contribution in [2.75, 3.05) is 11.5 Å². The summed E-state index contributed by atoms with van der Waals surface area (Å²) in [6.07, 6.45) is -4.28. The van der Waals surface area contributed by atoms with Gasteiger partial charge in [0.2, 0.25) is 0 Å². The molecule has 1 aliphatic rings. The summed E-state index contributed by atoms with van der Waals surface area (Å²) in [6, 6.07) is 7.80. The molecule has 3 rings (SSSR count). The quantitative estimate of drug-likeness (QED) is 0.429. The summed E-state index contributed by atoms with van der Waals surface area (Å²) in [7, 11) is 0. The second-order valence-electron chi connectivity index (χ2n) is 6.82. The first-order chi connectivity index (χ1) is 14.0. The summed E-state index contributed by atoms with van der Waals surface area (Å²) >= 11 is 13.4. The molecule has 0 aromatic heterocycles. The van der Waals surface area contributed by atoms with E-state index >= 15 is 0 Å². The van der Waals surface area contributed by atoms with E-state index in [1.807, 2.05) is 0 Å². The first-order valence-electron chi connectivity index (χ1n) is 8.83. The van der Waals surface area contributed by atoms with Crippen molar-refractivity contribution in [2.24, 2.45) is 0 Å². The fraction of sp³-hybridized carbons (Fsp3) is 0.238. The van der Waals surface area contributed by atoms with Crippen LogP contribution in [0.15, 0.2) is 42.5 Å². The van der Waals surface area contributed by atoms with Crippen LogP contribution in [0, 0.1) is 6.92 Å². The second kappa shape index (κ2) is 9.04. The summed E-state index contributed by atoms with van der Waals surface area (Å²) in [4.78, 5) is 24.9. The monoisotopic (exact) mass is 473 g/mol. The molecule has 9 heteroatoms. The van der Waals surface area contributed by atoms with E-state index in [0.717, 1.165) is 23.6 Å². The Morgan fingerprint density at radius 2 is 1.70 bits per heavy atom. The number of carbonyl (C=O) groups excluding carboxylic acids is 2. The molecule has 0 spiro atoms. The lowest BCUT2D eigenvalue weighted by atomic mass is 9.98. The third-order valence-corrected chi connectivity index (χ3v) is 6.20. The van der Waals surface area contributed by atoms with Crippen LogP contribution < -0.4 is 5.32 Å². The van der Waals surface area contributed by atoms with Crippen molar-refractivity contribution < 1.29 is 22.8 Å². The van der Waals surface area contributed by atoms with Gasteiger partial charge in [-0.25, -0.2) is 0 Å². The van der Waals surface area contributed by atoms with E-state index in [1.165, 1.54) is 24.3 Å². The van der Waals surface area contributed by atoms with Gasteiger partial charge in [-0.3, -0.25) is 9.59 Å². The molecule has 1 heterocycles. The molecule has 0 bridgehead atoms. The fourth-order valence-corrected chi connectivity index (χ4v) is 4.07. The van der Waals surface area contributed by atoms with Crippen LogP contribution in [0.4, 0.5) is 13.2 Å². The molecule has 2 aromatic carbocycles. The Morgan fingerprint density at radius 3 is 2.20 bits per heavy atom. The largest absolute Gasteiger partial charge is 0.417 e. The van der Waals surface area contributed by atoms with Gasteiger partial charge in [-0.1, -0.05) is 29.3 Å². The van der Waals surface area contributed by atoms with Crippen LogP contribution in [-0.4, -0.2) is 35.4 Å². The molecule has 0 aliphatic carbocycles. The number of halogens is 5. The Kier molecular flexibility index (Phi) is 6.84. The van der Waals surface area contributed by atoms with E-state index in [0.29, 0.717) is 17.2 Å². The lowest BCUT2D eigenvalue weighted by Gasteiger charge is -2.26. The van der Waals surface area contributed by atoms with Crippen LogP contribution in [0.2, 0.25) is 10.0 Å². The number of amides is 1. The Bertz CT molecular complexity index is 1010. The summed E-state index contributed by atoms with van der Waals surface area (Å²) in [5.74, 6) is 0.584. The van der Waals surface area contributed by atoms with Crippen molar-refractivity contribution in [1.82, 2.24) is 5.32 Å².